The largest absolute Gasteiger partial charge is 0.397 e. The molecule has 0 atom stereocenters. The van der Waals surface area contributed by atoms with Gasteiger partial charge in [0.05, 0.1) is 11.4 Å². The first-order valence-electron chi connectivity index (χ1n) is 7.84. The monoisotopic (exact) mass is 310 g/mol. The molecular weight excluding hydrogens is 288 g/mol. The number of anilines is 2. The van der Waals surface area contributed by atoms with Gasteiger partial charge in [-0.05, 0) is 23.8 Å². The molecule has 2 aromatic carbocycles. The third kappa shape index (κ3) is 3.63. The maximum atomic E-state index is 11.2. The van der Waals surface area contributed by atoms with Gasteiger partial charge in [0.15, 0.2) is 0 Å². The van der Waals surface area contributed by atoms with Crippen LogP contribution in [0.15, 0.2) is 48.5 Å². The summed E-state index contributed by atoms with van der Waals surface area (Å²) in [5.74, 6) is -0.448. The first kappa shape index (κ1) is 15.4. The van der Waals surface area contributed by atoms with Crippen molar-refractivity contribution < 1.29 is 4.79 Å². The number of hydrogen-bond donors (Lipinski definition) is 2. The minimum Gasteiger partial charge on any atom is -0.397 e. The number of nitrogens with zero attached hydrogens (tertiary/aromatic N) is 2. The van der Waals surface area contributed by atoms with Gasteiger partial charge in [-0.1, -0.05) is 30.3 Å². The van der Waals surface area contributed by atoms with Gasteiger partial charge in [0, 0.05) is 38.3 Å². The summed E-state index contributed by atoms with van der Waals surface area (Å²) in [6.45, 7) is 4.81. The molecule has 1 amide bonds. The maximum absolute atomic E-state index is 11.2. The van der Waals surface area contributed by atoms with Crippen LogP contribution in [0.5, 0.6) is 0 Å². The van der Waals surface area contributed by atoms with E-state index in [-0.39, 0.29) is 0 Å². The van der Waals surface area contributed by atoms with Gasteiger partial charge >= 0.3 is 0 Å². The minimum atomic E-state index is -0.448. The number of rotatable bonds is 4. The van der Waals surface area contributed by atoms with E-state index in [0.29, 0.717) is 11.3 Å². The zero-order valence-electron chi connectivity index (χ0n) is 13.1. The van der Waals surface area contributed by atoms with Gasteiger partial charge in [0.1, 0.15) is 0 Å². The van der Waals surface area contributed by atoms with Crippen LogP contribution in [0, 0.1) is 0 Å². The van der Waals surface area contributed by atoms with Crippen molar-refractivity contribution in [3.63, 3.8) is 0 Å². The van der Waals surface area contributed by atoms with Crippen molar-refractivity contribution in [1.29, 1.82) is 0 Å². The van der Waals surface area contributed by atoms with Crippen LogP contribution in [-0.4, -0.2) is 37.0 Å². The molecule has 0 radical (unpaired) electrons. The van der Waals surface area contributed by atoms with Crippen molar-refractivity contribution in [2.45, 2.75) is 6.54 Å². The molecule has 120 valence electrons. The highest BCUT2D eigenvalue weighted by molar-refractivity contribution is 5.94. The molecule has 5 heteroatoms. The summed E-state index contributed by atoms with van der Waals surface area (Å²) in [5.41, 5.74) is 14.8. The standard InChI is InChI=1S/C18H22N4O/c19-16-12-15(18(20)23)6-7-17(16)22-10-8-21(9-11-22)13-14-4-2-1-3-5-14/h1-7,12H,8-11,13,19H2,(H2,20,23). The molecule has 1 saturated heterocycles. The molecule has 1 heterocycles. The summed E-state index contributed by atoms with van der Waals surface area (Å²) in [6, 6.07) is 15.8. The number of carbonyl (C=O) groups is 1. The highest BCUT2D eigenvalue weighted by Gasteiger charge is 2.19. The van der Waals surface area contributed by atoms with E-state index < -0.39 is 5.91 Å². The van der Waals surface area contributed by atoms with Gasteiger partial charge in [-0.2, -0.15) is 0 Å². The van der Waals surface area contributed by atoms with E-state index in [9.17, 15) is 4.79 Å². The first-order chi connectivity index (χ1) is 11.1. The summed E-state index contributed by atoms with van der Waals surface area (Å²) in [7, 11) is 0. The van der Waals surface area contributed by atoms with E-state index in [2.05, 4.69) is 34.1 Å². The second-order valence-corrected chi connectivity index (χ2v) is 5.89. The third-order valence-electron chi connectivity index (χ3n) is 4.27. The molecule has 5 nitrogen and oxygen atoms in total. The Morgan fingerprint density at radius 1 is 1.00 bits per heavy atom. The van der Waals surface area contributed by atoms with Crippen LogP contribution in [0.1, 0.15) is 15.9 Å². The highest BCUT2D eigenvalue weighted by atomic mass is 16.1. The minimum absolute atomic E-state index is 0.448. The lowest BCUT2D eigenvalue weighted by Crippen LogP contribution is -2.46. The maximum Gasteiger partial charge on any atom is 0.248 e. The molecule has 0 unspecified atom stereocenters. The van der Waals surface area contributed by atoms with Crippen LogP contribution in [0.4, 0.5) is 11.4 Å². The van der Waals surface area contributed by atoms with Crippen molar-refractivity contribution in [2.24, 2.45) is 5.73 Å². The van der Waals surface area contributed by atoms with Crippen molar-refractivity contribution >= 4 is 17.3 Å². The number of piperazine rings is 1. The molecule has 0 aromatic heterocycles. The van der Waals surface area contributed by atoms with Crippen LogP contribution in [-0.2, 0) is 6.54 Å². The number of carbonyl (C=O) groups excluding carboxylic acids is 1. The molecule has 23 heavy (non-hydrogen) atoms. The van der Waals surface area contributed by atoms with Crippen LogP contribution in [0.2, 0.25) is 0 Å². The lowest BCUT2D eigenvalue weighted by atomic mass is 10.1. The number of amides is 1. The van der Waals surface area contributed by atoms with Crippen LogP contribution >= 0.6 is 0 Å². The Labute approximate surface area is 136 Å². The summed E-state index contributed by atoms with van der Waals surface area (Å²) in [6.07, 6.45) is 0. The molecule has 3 rings (SSSR count). The van der Waals surface area contributed by atoms with Gasteiger partial charge in [-0.15, -0.1) is 0 Å². The summed E-state index contributed by atoms with van der Waals surface area (Å²) < 4.78 is 0. The fourth-order valence-electron chi connectivity index (χ4n) is 2.98. The second kappa shape index (κ2) is 6.71. The number of benzene rings is 2. The fourth-order valence-corrected chi connectivity index (χ4v) is 2.98. The van der Waals surface area contributed by atoms with E-state index in [1.165, 1.54) is 5.56 Å². The Morgan fingerprint density at radius 3 is 2.30 bits per heavy atom. The molecule has 0 bridgehead atoms. The molecule has 4 N–H and O–H groups in total. The van der Waals surface area contributed by atoms with Crippen molar-refractivity contribution in [2.75, 3.05) is 36.8 Å². The van der Waals surface area contributed by atoms with E-state index >= 15 is 0 Å². The molecule has 0 aliphatic carbocycles. The van der Waals surface area contributed by atoms with Gasteiger partial charge in [0.25, 0.3) is 0 Å². The predicted octanol–water partition coefficient (Wildman–Crippen LogP) is 1.69. The molecule has 1 aliphatic rings. The van der Waals surface area contributed by atoms with E-state index in [1.807, 2.05) is 12.1 Å². The summed E-state index contributed by atoms with van der Waals surface area (Å²) >= 11 is 0. The Bertz CT molecular complexity index is 679. The zero-order chi connectivity index (χ0) is 16.2. The smallest absolute Gasteiger partial charge is 0.248 e. The SMILES string of the molecule is NC(=O)c1ccc(N2CCN(Cc3ccccc3)CC2)c(N)c1. The fraction of sp³-hybridized carbons (Fsp3) is 0.278. The van der Waals surface area contributed by atoms with Gasteiger partial charge in [-0.3, -0.25) is 9.69 Å². The number of nitrogen functional groups attached to an aromatic ring is 1. The number of hydrogen-bond acceptors (Lipinski definition) is 4. The highest BCUT2D eigenvalue weighted by Crippen LogP contribution is 2.25. The molecule has 2 aromatic rings. The van der Waals surface area contributed by atoms with Crippen molar-refractivity contribution in [3.05, 3.63) is 59.7 Å². The molecule has 1 fully saturated rings. The van der Waals surface area contributed by atoms with E-state index in [0.717, 1.165) is 38.4 Å². The van der Waals surface area contributed by atoms with Gasteiger partial charge in [0.2, 0.25) is 5.91 Å². The third-order valence-corrected chi connectivity index (χ3v) is 4.27. The molecule has 0 saturated carbocycles. The molecular formula is C18H22N4O. The average molecular weight is 310 g/mol. The van der Waals surface area contributed by atoms with Crippen LogP contribution in [0.25, 0.3) is 0 Å². The second-order valence-electron chi connectivity index (χ2n) is 5.89. The van der Waals surface area contributed by atoms with Crippen LogP contribution in [0.3, 0.4) is 0 Å². The van der Waals surface area contributed by atoms with Crippen LogP contribution < -0.4 is 16.4 Å². The van der Waals surface area contributed by atoms with E-state index in [1.54, 1.807) is 12.1 Å². The topological polar surface area (TPSA) is 75.6 Å². The summed E-state index contributed by atoms with van der Waals surface area (Å²) in [4.78, 5) is 15.9. The Hall–Kier alpha value is -2.53. The lowest BCUT2D eigenvalue weighted by Gasteiger charge is -2.36. The number of primary amides is 1. The van der Waals surface area contributed by atoms with Gasteiger partial charge in [-0.25, -0.2) is 0 Å². The van der Waals surface area contributed by atoms with Crippen molar-refractivity contribution in [3.8, 4) is 0 Å². The molecule has 0 spiro atoms. The zero-order valence-corrected chi connectivity index (χ0v) is 13.1. The van der Waals surface area contributed by atoms with Gasteiger partial charge < -0.3 is 16.4 Å². The first-order valence-corrected chi connectivity index (χ1v) is 7.84. The summed E-state index contributed by atoms with van der Waals surface area (Å²) in [5, 5.41) is 0. The normalized spacial score (nSPS) is 15.6. The average Bonchev–Trinajstić information content (AvgIpc) is 2.56. The Balaban J connectivity index is 1.62. The Morgan fingerprint density at radius 2 is 1.70 bits per heavy atom. The van der Waals surface area contributed by atoms with Crippen molar-refractivity contribution in [1.82, 2.24) is 4.90 Å². The predicted molar refractivity (Wildman–Crippen MR) is 93.3 cm³/mol. The lowest BCUT2D eigenvalue weighted by molar-refractivity contribution is 0.100. The van der Waals surface area contributed by atoms with E-state index in [4.69, 9.17) is 11.5 Å². The Kier molecular flexibility index (Phi) is 4.48. The quantitative estimate of drug-likeness (QED) is 0.843. The number of nitrogens with two attached hydrogens (primary N) is 2. The molecule has 1 aliphatic heterocycles.